The van der Waals surface area contributed by atoms with Gasteiger partial charge in [-0.3, -0.25) is 0 Å². The summed E-state index contributed by atoms with van der Waals surface area (Å²) in [5, 5.41) is 12.8. The molecule has 0 amide bonds. The van der Waals surface area contributed by atoms with Gasteiger partial charge in [0.1, 0.15) is 30.0 Å². The van der Waals surface area contributed by atoms with Crippen LogP contribution in [0.5, 0.6) is 0 Å². The summed E-state index contributed by atoms with van der Waals surface area (Å²) < 4.78 is 163. The van der Waals surface area contributed by atoms with Crippen LogP contribution in [-0.4, -0.2) is 155 Å². The van der Waals surface area contributed by atoms with E-state index in [-0.39, 0.29) is 34.5 Å². The third-order valence-corrected chi connectivity index (χ3v) is 45.9. The van der Waals surface area contributed by atoms with Crippen LogP contribution in [0, 0.1) is 0 Å². The van der Waals surface area contributed by atoms with Crippen LogP contribution in [0.3, 0.4) is 0 Å². The van der Waals surface area contributed by atoms with Gasteiger partial charge in [0, 0.05) is 47.5 Å². The normalized spacial score (nSPS) is 12.2. The van der Waals surface area contributed by atoms with E-state index in [4.69, 9.17) is 57.0 Å². The summed E-state index contributed by atoms with van der Waals surface area (Å²) in [5.74, 6) is -0.0756. The maximum absolute atomic E-state index is 12.8. The number of aromatic nitrogens is 6. The van der Waals surface area contributed by atoms with Crippen molar-refractivity contribution in [3.8, 4) is 59.3 Å². The van der Waals surface area contributed by atoms with Crippen LogP contribution >= 0.6 is 202 Å². The number of hydrogen-bond donors (Lipinski definition) is 6. The monoisotopic (exact) mass is 2530 g/mol. The van der Waals surface area contributed by atoms with Gasteiger partial charge in [-0.2, -0.15) is 0 Å². The molecule has 6 N–H and O–H groups in total. The van der Waals surface area contributed by atoms with Crippen LogP contribution in [0.1, 0.15) is 325 Å². The number of nitrogens with zero attached hydrogens (tertiary/aromatic N) is 7. The summed E-state index contributed by atoms with van der Waals surface area (Å²) in [7, 11) is -5.57. The number of fused-ring (bicyclic) bond motifs is 3. The average molecular weight is 2540 g/mol. The maximum atomic E-state index is 12.8. The summed E-state index contributed by atoms with van der Waals surface area (Å²) in [4.78, 5) is 39.7. The summed E-state index contributed by atoms with van der Waals surface area (Å²) >= 11 is 28.6. The van der Waals surface area contributed by atoms with Gasteiger partial charge in [0.05, 0.1) is 71.4 Å². The molecule has 0 bridgehead atoms. The van der Waals surface area contributed by atoms with Gasteiger partial charge in [-0.15, -0.1) is 68.0 Å². The first kappa shape index (κ1) is 129. The standard InChI is InChI=1S/C36H54Br2N4O4S6.C36H56N4O4S6.C16H12Cl2N2O4S6.C10H23N.BHNS/c1-3-5-7-9-11-13-15-17-21-39-51(43,44)23-19-27-25-29(37)47-31(27)33-41-35-36(49-33)42-34(50-35)32-28(26-30(38)48-32)20-24-52(45,46)40-22-18-16-14-12-10-8-6-4-2;1-3-5-7-9-11-13-15-17-23-37-49(41,42)27-21-29-19-25-45-31(29)33-39-35-36(47-33)40-34(48-35)32-30(20-26-46-32)22-28-50(43,44)38-24-18-16-14-12-10-8-6-4-2;17-29(21,22)7-3-9-1-5-25-11(9)13-19-15-16(27-13)20-14(28-15)12-10(2-6-26-12)4-8-30(18,23)24;1-2-3-4-5-6-7-8-9-10-11;1-2-3/h25-26,39-40H,3-24H2,1-2H3;19-20,25-26,37-38H,3-18,21-24,27-28H2,1-2H3;1-2,5-6H,3-4,7-8H2;2-11H2,1H3;3H. The minimum absolute atomic E-state index is 0.0306. The molecular weight excluding hydrogens is 2390 g/mol. The van der Waals surface area contributed by atoms with E-state index in [9.17, 15) is 50.5 Å². The van der Waals surface area contributed by atoms with E-state index in [0.717, 1.165) is 200 Å². The van der Waals surface area contributed by atoms with Crippen molar-refractivity contribution in [1.29, 1.82) is 0 Å². The molecule has 12 aromatic rings. The Labute approximate surface area is 950 Å². The van der Waals surface area contributed by atoms with Crippen molar-refractivity contribution >= 4 is 297 Å². The van der Waals surface area contributed by atoms with Crippen LogP contribution in [0.4, 0.5) is 0 Å². The Hall–Kier alpha value is -1.99. The van der Waals surface area contributed by atoms with Crippen molar-refractivity contribution < 1.29 is 50.5 Å². The molecule has 0 spiro atoms. The Morgan fingerprint density at radius 3 is 0.685 bits per heavy atom. The quantitative estimate of drug-likeness (QED) is 0.00892. The van der Waals surface area contributed by atoms with E-state index < -0.39 is 58.2 Å². The molecule has 0 saturated heterocycles. The molecule has 12 heterocycles. The fraction of sp³-hybridized carbons (Fsp3) is 0.633. The predicted molar refractivity (Wildman–Crippen MR) is 649 cm³/mol. The Morgan fingerprint density at radius 1 is 0.295 bits per heavy atom. The van der Waals surface area contributed by atoms with E-state index in [1.165, 1.54) is 283 Å². The number of thiazole rings is 6. The first-order valence-corrected chi connectivity index (χ1v) is 74.9. The Bertz CT molecular complexity index is 6030. The molecule has 0 aliphatic carbocycles. The number of rotatable bonds is 72. The zero-order valence-corrected chi connectivity index (χ0v) is 105. The predicted octanol–water partition coefficient (Wildman–Crippen LogP) is 31.1. The van der Waals surface area contributed by atoms with Gasteiger partial charge in [0.2, 0.25) is 58.2 Å². The molecule has 0 aliphatic heterocycles. The molecule has 0 fully saturated rings. The summed E-state index contributed by atoms with van der Waals surface area (Å²) in [5.41, 5.74) is 11.1. The van der Waals surface area contributed by atoms with Gasteiger partial charge in [0.15, 0.2) is 29.0 Å². The second-order valence-corrected chi connectivity index (χ2v) is 64.1. The van der Waals surface area contributed by atoms with Gasteiger partial charge in [0.25, 0.3) is 0 Å². The van der Waals surface area contributed by atoms with Crippen LogP contribution < -0.4 is 24.6 Å². The van der Waals surface area contributed by atoms with Crippen LogP contribution in [0.15, 0.2) is 69.8 Å². The third kappa shape index (κ3) is 49.8. The van der Waals surface area contributed by atoms with Gasteiger partial charge in [-0.1, -0.05) is 327 Å². The van der Waals surface area contributed by atoms with Crippen LogP contribution in [0.25, 0.3) is 88.3 Å². The molecule has 24 nitrogen and oxygen atoms in total. The zero-order chi connectivity index (χ0) is 106. The average Bonchev–Trinajstić information content (AvgIpc) is 1.63. The SMILES string of the molecule is CCCCCCCCCCN.CCCCCCCCCCNS(=O)(=O)CCc1cc(Br)sc1-c1nc2sc(-c3sc(Br)cc3CCS(=O)(=O)NCCCCCCCCCC)nc2s1.CCCCCCCCCCNS(=O)(=O)CCc1ccsc1-c1nc2sc(-c3sccc3CCS(=O)(=O)NCCCCCCCCCC)nc2s1.O=S(=O)(Cl)CCc1ccsc1-c1nc2sc(-c3sccc3CCS(=O)(=O)Cl)nc2s1.[B]=NS. The number of nitrogens with one attached hydrogen (secondary N) is 4. The van der Waals surface area contributed by atoms with Crippen LogP contribution in [-0.2, 0) is 96.7 Å². The van der Waals surface area contributed by atoms with E-state index in [2.05, 4.69) is 110 Å². The topological polar surface area (TPSA) is 369 Å². The van der Waals surface area contributed by atoms with E-state index >= 15 is 0 Å². The van der Waals surface area contributed by atoms with Crippen molar-refractivity contribution in [2.75, 3.05) is 67.2 Å². The second kappa shape index (κ2) is 70.7. The number of aryl methyl sites for hydroxylation is 6. The van der Waals surface area contributed by atoms with Crippen molar-refractivity contribution in [3.63, 3.8) is 0 Å². The molecule has 12 rings (SSSR count). The first-order valence-electron chi connectivity index (χ1n) is 51.3. The molecule has 815 valence electrons. The number of nitrogens with two attached hydrogens (primary N) is 1. The zero-order valence-electron chi connectivity index (χ0n) is 84.6. The van der Waals surface area contributed by atoms with Gasteiger partial charge < -0.3 is 5.73 Å². The summed E-state index contributed by atoms with van der Waals surface area (Å²) in [6, 6.07) is 11.8. The molecule has 0 atom stereocenters. The van der Waals surface area contributed by atoms with Crippen molar-refractivity contribution in [2.45, 2.75) is 330 Å². The first-order chi connectivity index (χ1) is 70.1. The van der Waals surface area contributed by atoms with E-state index in [1.807, 2.05) is 57.9 Å². The van der Waals surface area contributed by atoms with Gasteiger partial charge in [-0.25, -0.2) is 99.3 Å². The Kier molecular flexibility index (Phi) is 62.5. The molecular formula is C98H146BBr2Cl2N12O12S19. The summed E-state index contributed by atoms with van der Waals surface area (Å²) in [6.45, 7) is 14.0. The summed E-state index contributed by atoms with van der Waals surface area (Å²) in [6.07, 6.45) is 51.1. The molecule has 48 heteroatoms. The molecule has 0 aromatic carbocycles. The van der Waals surface area contributed by atoms with Gasteiger partial charge >= 0.3 is 24.8 Å². The van der Waals surface area contributed by atoms with E-state index in [1.54, 1.807) is 45.3 Å². The van der Waals surface area contributed by atoms with Gasteiger partial charge in [-0.05, 0) is 200 Å². The number of thiol groups is 1. The van der Waals surface area contributed by atoms with E-state index in [0.29, 0.717) is 64.7 Å². The molecule has 0 aliphatic rings. The minimum atomic E-state index is -3.56. The molecule has 146 heavy (non-hydrogen) atoms. The van der Waals surface area contributed by atoms with Crippen molar-refractivity contribution in [2.24, 2.45) is 10.0 Å². The number of thiophene rings is 6. The van der Waals surface area contributed by atoms with Crippen LogP contribution in [0.2, 0.25) is 0 Å². The molecule has 0 unspecified atom stereocenters. The Morgan fingerprint density at radius 2 is 0.479 bits per heavy atom. The van der Waals surface area contributed by atoms with Crippen molar-refractivity contribution in [1.82, 2.24) is 48.8 Å². The number of hydrogen-bond acceptors (Lipinski definition) is 33. The molecule has 0 saturated carbocycles. The number of unbranched alkanes of at least 4 members (excludes halogenated alkanes) is 35. The molecule has 12 aromatic heterocycles. The fourth-order valence-electron chi connectivity index (χ4n) is 15.9. The second-order valence-electron chi connectivity index (χ2n) is 36.0. The Balaban J connectivity index is 0.000000257. The fourth-order valence-corrected chi connectivity index (χ4v) is 35.7. The third-order valence-electron chi connectivity index (χ3n) is 23.9. The number of sulfonamides is 4. The van der Waals surface area contributed by atoms with Crippen molar-refractivity contribution in [3.05, 3.63) is 98.9 Å². The number of halogens is 4. The molecule has 1 radical (unpaired) electrons.